The Balaban J connectivity index is 2.12. The molecule has 0 bridgehead atoms. The Hall–Kier alpha value is -1.22. The number of amides is 2. The number of carbonyl (C=O) groups is 2. The first-order chi connectivity index (χ1) is 15.9. The molecule has 8 nitrogen and oxygen atoms in total. The maximum Gasteiger partial charge on any atom is 0.221 e. The fraction of sp³-hybridized carbons (Fsp3) is 0.923. The summed E-state index contributed by atoms with van der Waals surface area (Å²) in [5.41, 5.74) is 0.161. The largest absolute Gasteiger partial charge is 0.354 e. The van der Waals surface area contributed by atoms with E-state index in [-0.39, 0.29) is 22.9 Å². The molecule has 0 aromatic carbocycles. The fourth-order valence-corrected chi connectivity index (χ4v) is 3.88. The first kappa shape index (κ1) is 30.8. The maximum absolute atomic E-state index is 12.1. The SMILES string of the molecule is CC(C)(C)NCCCCCC(=O)NCCOC1(OCCNC(=O)CCNC(C)(C)C)CCCC1. The van der Waals surface area contributed by atoms with Crippen molar-refractivity contribution >= 4 is 11.8 Å². The van der Waals surface area contributed by atoms with E-state index in [0.29, 0.717) is 45.7 Å². The lowest BCUT2D eigenvalue weighted by atomic mass is 10.1. The Bertz CT molecular complexity index is 578. The van der Waals surface area contributed by atoms with Gasteiger partial charge in [-0.3, -0.25) is 9.59 Å². The molecule has 2 amide bonds. The molecule has 0 radical (unpaired) electrons. The van der Waals surface area contributed by atoms with Crippen LogP contribution in [0.1, 0.15) is 99.3 Å². The van der Waals surface area contributed by atoms with Gasteiger partial charge in [0.1, 0.15) is 0 Å². The Kier molecular flexibility index (Phi) is 14.2. The summed E-state index contributed by atoms with van der Waals surface area (Å²) in [5.74, 6) is -0.476. The van der Waals surface area contributed by atoms with Crippen molar-refractivity contribution in [2.45, 2.75) is 116 Å². The van der Waals surface area contributed by atoms with Crippen LogP contribution >= 0.6 is 0 Å². The predicted octanol–water partition coefficient (Wildman–Crippen LogP) is 3.25. The van der Waals surface area contributed by atoms with Gasteiger partial charge in [0.2, 0.25) is 11.8 Å². The Morgan fingerprint density at radius 1 is 0.676 bits per heavy atom. The summed E-state index contributed by atoms with van der Waals surface area (Å²) in [6.45, 7) is 16.2. The first-order valence-electron chi connectivity index (χ1n) is 13.2. The third-order valence-electron chi connectivity index (χ3n) is 5.69. The number of ether oxygens (including phenoxy) is 2. The summed E-state index contributed by atoms with van der Waals surface area (Å²) < 4.78 is 12.1. The molecule has 0 saturated heterocycles. The second-order valence-electron chi connectivity index (χ2n) is 11.4. The van der Waals surface area contributed by atoms with E-state index in [1.165, 1.54) is 0 Å². The second-order valence-corrected chi connectivity index (χ2v) is 11.4. The summed E-state index contributed by atoms with van der Waals surface area (Å²) in [6, 6.07) is 0. The third kappa shape index (κ3) is 16.4. The van der Waals surface area contributed by atoms with Crippen LogP contribution in [0.2, 0.25) is 0 Å². The molecule has 0 aromatic rings. The number of carbonyl (C=O) groups excluding carboxylic acids is 2. The van der Waals surface area contributed by atoms with Crippen molar-refractivity contribution in [3.05, 3.63) is 0 Å². The molecule has 0 aliphatic heterocycles. The van der Waals surface area contributed by atoms with Gasteiger partial charge in [-0.25, -0.2) is 0 Å². The monoisotopic (exact) mass is 484 g/mol. The van der Waals surface area contributed by atoms with Crippen molar-refractivity contribution in [2.75, 3.05) is 39.4 Å². The van der Waals surface area contributed by atoms with Crippen molar-refractivity contribution in [2.24, 2.45) is 0 Å². The van der Waals surface area contributed by atoms with Crippen LogP contribution in [0.25, 0.3) is 0 Å². The average molecular weight is 485 g/mol. The van der Waals surface area contributed by atoms with Crippen LogP contribution in [-0.4, -0.2) is 68.1 Å². The van der Waals surface area contributed by atoms with E-state index in [4.69, 9.17) is 9.47 Å². The zero-order chi connectivity index (χ0) is 25.5. The molecule has 0 spiro atoms. The minimum atomic E-state index is -0.580. The minimum Gasteiger partial charge on any atom is -0.354 e. The molecule has 0 atom stereocenters. The molecule has 0 aromatic heterocycles. The van der Waals surface area contributed by atoms with Gasteiger partial charge in [0.05, 0.1) is 13.2 Å². The molecule has 8 heteroatoms. The van der Waals surface area contributed by atoms with Crippen LogP contribution in [0.15, 0.2) is 0 Å². The van der Waals surface area contributed by atoms with Crippen molar-refractivity contribution in [1.82, 2.24) is 21.3 Å². The molecule has 1 saturated carbocycles. The Labute approximate surface area is 208 Å². The van der Waals surface area contributed by atoms with Crippen LogP contribution in [0.3, 0.4) is 0 Å². The number of hydrogen-bond acceptors (Lipinski definition) is 6. The zero-order valence-electron chi connectivity index (χ0n) is 22.7. The Morgan fingerprint density at radius 2 is 1.18 bits per heavy atom. The molecule has 4 N–H and O–H groups in total. The lowest BCUT2D eigenvalue weighted by Gasteiger charge is -2.29. The lowest BCUT2D eigenvalue weighted by molar-refractivity contribution is -0.230. The summed E-state index contributed by atoms with van der Waals surface area (Å²) in [6.07, 6.45) is 7.90. The third-order valence-corrected chi connectivity index (χ3v) is 5.69. The highest BCUT2D eigenvalue weighted by molar-refractivity contribution is 5.76. The molecule has 0 heterocycles. The maximum atomic E-state index is 12.1. The summed E-state index contributed by atoms with van der Waals surface area (Å²) in [5, 5.41) is 12.6. The molecule has 1 aliphatic carbocycles. The van der Waals surface area contributed by atoms with Crippen molar-refractivity contribution in [1.29, 1.82) is 0 Å². The summed E-state index contributed by atoms with van der Waals surface area (Å²) >= 11 is 0. The molecular weight excluding hydrogens is 432 g/mol. The average Bonchev–Trinajstić information content (AvgIpc) is 3.18. The van der Waals surface area contributed by atoms with E-state index in [2.05, 4.69) is 62.8 Å². The van der Waals surface area contributed by atoms with Crippen LogP contribution in [0.5, 0.6) is 0 Å². The van der Waals surface area contributed by atoms with Crippen molar-refractivity contribution < 1.29 is 19.1 Å². The molecule has 34 heavy (non-hydrogen) atoms. The number of unbranched alkanes of at least 4 members (excludes halogenated alkanes) is 2. The molecule has 1 aliphatic rings. The van der Waals surface area contributed by atoms with Crippen LogP contribution in [0.4, 0.5) is 0 Å². The predicted molar refractivity (Wildman–Crippen MR) is 138 cm³/mol. The lowest BCUT2D eigenvalue weighted by Crippen LogP contribution is -2.40. The van der Waals surface area contributed by atoms with Crippen molar-refractivity contribution in [3.63, 3.8) is 0 Å². The molecule has 1 rings (SSSR count). The van der Waals surface area contributed by atoms with Crippen LogP contribution in [0, 0.1) is 0 Å². The zero-order valence-corrected chi connectivity index (χ0v) is 22.7. The van der Waals surface area contributed by atoms with Crippen molar-refractivity contribution in [3.8, 4) is 0 Å². The highest BCUT2D eigenvalue weighted by Crippen LogP contribution is 2.34. The number of rotatable bonds is 17. The normalized spacial score (nSPS) is 15.9. The fourth-order valence-electron chi connectivity index (χ4n) is 3.88. The highest BCUT2D eigenvalue weighted by Gasteiger charge is 2.35. The summed E-state index contributed by atoms with van der Waals surface area (Å²) in [4.78, 5) is 24.0. The van der Waals surface area contributed by atoms with E-state index in [0.717, 1.165) is 51.5 Å². The minimum absolute atomic E-state index is 0.0126. The van der Waals surface area contributed by atoms with E-state index in [1.807, 2.05) is 0 Å². The van der Waals surface area contributed by atoms with E-state index in [1.54, 1.807) is 0 Å². The Morgan fingerprint density at radius 3 is 1.71 bits per heavy atom. The molecule has 1 fully saturated rings. The van der Waals surface area contributed by atoms with Gasteiger partial charge in [-0.05, 0) is 73.8 Å². The van der Waals surface area contributed by atoms with E-state index >= 15 is 0 Å². The van der Waals surface area contributed by atoms with Gasteiger partial charge in [0.25, 0.3) is 0 Å². The van der Waals surface area contributed by atoms with Gasteiger partial charge >= 0.3 is 0 Å². The van der Waals surface area contributed by atoms with Crippen LogP contribution in [-0.2, 0) is 19.1 Å². The van der Waals surface area contributed by atoms with Crippen LogP contribution < -0.4 is 21.3 Å². The standard InChI is InChI=1S/C26H52N4O4/c1-24(2,3)29-16-11-7-8-12-22(31)27-18-20-33-26(14-9-10-15-26)34-21-19-28-23(32)13-17-30-25(4,5)6/h29-30H,7-21H2,1-6H3,(H,27,31)(H,28,32). The molecule has 200 valence electrons. The second kappa shape index (κ2) is 15.7. The smallest absolute Gasteiger partial charge is 0.221 e. The quantitative estimate of drug-likeness (QED) is 0.187. The highest BCUT2D eigenvalue weighted by atomic mass is 16.7. The molecular formula is C26H52N4O4. The first-order valence-corrected chi connectivity index (χ1v) is 13.2. The van der Waals surface area contributed by atoms with Gasteiger partial charge < -0.3 is 30.7 Å². The number of hydrogen-bond donors (Lipinski definition) is 4. The molecule has 0 unspecified atom stereocenters. The topological polar surface area (TPSA) is 101 Å². The van der Waals surface area contributed by atoms with Gasteiger partial charge in [-0.15, -0.1) is 0 Å². The van der Waals surface area contributed by atoms with Gasteiger partial charge in [-0.2, -0.15) is 0 Å². The van der Waals surface area contributed by atoms with Gasteiger partial charge in [0, 0.05) is 56.4 Å². The number of nitrogens with one attached hydrogen (secondary N) is 4. The van der Waals surface area contributed by atoms with E-state index in [9.17, 15) is 9.59 Å². The van der Waals surface area contributed by atoms with Gasteiger partial charge in [0.15, 0.2) is 5.79 Å². The summed E-state index contributed by atoms with van der Waals surface area (Å²) in [7, 11) is 0. The van der Waals surface area contributed by atoms with Gasteiger partial charge in [-0.1, -0.05) is 6.42 Å². The van der Waals surface area contributed by atoms with E-state index < -0.39 is 5.79 Å².